The number of nitrogens with zero attached hydrogens (tertiary/aromatic N) is 1. The van der Waals surface area contributed by atoms with Crippen molar-refractivity contribution in [2.75, 3.05) is 12.4 Å². The Morgan fingerprint density at radius 3 is 2.70 bits per heavy atom. The first-order valence-electron chi connectivity index (χ1n) is 6.21. The molecule has 0 atom stereocenters. The molecule has 102 valence electrons. The summed E-state index contributed by atoms with van der Waals surface area (Å²) in [5, 5.41) is 13.1. The molecule has 2 aromatic rings. The van der Waals surface area contributed by atoms with Crippen LogP contribution in [0.1, 0.15) is 16.7 Å². The highest BCUT2D eigenvalue weighted by molar-refractivity contribution is 6.30. The normalized spacial score (nSPS) is 9.90. The maximum Gasteiger partial charge on any atom is 0.136 e. The number of rotatable bonds is 4. The molecule has 0 aliphatic rings. The monoisotopic (exact) mass is 286 g/mol. The molecule has 0 bridgehead atoms. The second-order valence-electron chi connectivity index (χ2n) is 4.46. The lowest BCUT2D eigenvalue weighted by atomic mass is 10.1. The number of benzene rings is 2. The van der Waals surface area contributed by atoms with Crippen LogP contribution in [0.15, 0.2) is 36.4 Å². The number of halogens is 1. The number of anilines is 1. The van der Waals surface area contributed by atoms with E-state index in [9.17, 15) is 0 Å². The summed E-state index contributed by atoms with van der Waals surface area (Å²) in [5.74, 6) is 0.596. The van der Waals surface area contributed by atoms with E-state index in [1.54, 1.807) is 7.11 Å². The van der Waals surface area contributed by atoms with E-state index >= 15 is 0 Å². The van der Waals surface area contributed by atoms with Gasteiger partial charge in [0.25, 0.3) is 0 Å². The first kappa shape index (κ1) is 14.2. The van der Waals surface area contributed by atoms with Crippen molar-refractivity contribution in [3.8, 4) is 11.8 Å². The highest BCUT2D eigenvalue weighted by atomic mass is 35.5. The minimum Gasteiger partial charge on any atom is -0.495 e. The van der Waals surface area contributed by atoms with Gasteiger partial charge in [-0.3, -0.25) is 0 Å². The van der Waals surface area contributed by atoms with Crippen LogP contribution in [0.5, 0.6) is 5.75 Å². The van der Waals surface area contributed by atoms with Crippen LogP contribution in [-0.2, 0) is 6.54 Å². The zero-order chi connectivity index (χ0) is 14.5. The lowest BCUT2D eigenvalue weighted by Crippen LogP contribution is -2.01. The molecule has 1 N–H and O–H groups in total. The summed E-state index contributed by atoms with van der Waals surface area (Å²) in [6, 6.07) is 13.4. The van der Waals surface area contributed by atoms with Gasteiger partial charge >= 0.3 is 0 Å². The molecule has 3 nitrogen and oxygen atoms in total. The Morgan fingerprint density at radius 1 is 1.25 bits per heavy atom. The van der Waals surface area contributed by atoms with Gasteiger partial charge in [-0.1, -0.05) is 17.7 Å². The highest BCUT2D eigenvalue weighted by Crippen LogP contribution is 2.22. The van der Waals surface area contributed by atoms with Crippen LogP contribution in [0.25, 0.3) is 0 Å². The molecular formula is C16H15ClN2O. The minimum atomic E-state index is 0.541. The zero-order valence-electron chi connectivity index (χ0n) is 11.4. The summed E-state index contributed by atoms with van der Waals surface area (Å²) in [6.45, 7) is 2.64. The molecule has 0 saturated heterocycles. The fraction of sp³-hybridized carbons (Fsp3) is 0.188. The van der Waals surface area contributed by atoms with Crippen LogP contribution in [-0.4, -0.2) is 7.11 Å². The second kappa shape index (κ2) is 6.31. The number of nitrogens with one attached hydrogen (secondary N) is 1. The summed E-state index contributed by atoms with van der Waals surface area (Å²) in [7, 11) is 1.56. The van der Waals surface area contributed by atoms with Crippen molar-refractivity contribution in [2.24, 2.45) is 0 Å². The first-order chi connectivity index (χ1) is 9.63. The number of methoxy groups -OCH3 is 1. The van der Waals surface area contributed by atoms with E-state index in [1.165, 1.54) is 0 Å². The third-order valence-electron chi connectivity index (χ3n) is 3.06. The second-order valence-corrected chi connectivity index (χ2v) is 4.90. The number of ether oxygens (including phenoxy) is 1. The third-order valence-corrected chi connectivity index (χ3v) is 3.29. The Hall–Kier alpha value is -2.18. The quantitative estimate of drug-likeness (QED) is 0.919. The van der Waals surface area contributed by atoms with Crippen LogP contribution < -0.4 is 10.1 Å². The van der Waals surface area contributed by atoms with Crippen LogP contribution in [0, 0.1) is 18.3 Å². The number of hydrogen-bond acceptors (Lipinski definition) is 3. The topological polar surface area (TPSA) is 45.0 Å². The van der Waals surface area contributed by atoms with Gasteiger partial charge in [0.1, 0.15) is 11.8 Å². The van der Waals surface area contributed by atoms with E-state index < -0.39 is 0 Å². The highest BCUT2D eigenvalue weighted by Gasteiger charge is 2.04. The van der Waals surface area contributed by atoms with Crippen molar-refractivity contribution in [2.45, 2.75) is 13.5 Å². The van der Waals surface area contributed by atoms with Crippen molar-refractivity contribution < 1.29 is 4.74 Å². The molecule has 0 fully saturated rings. The zero-order valence-corrected chi connectivity index (χ0v) is 12.2. The third kappa shape index (κ3) is 3.23. The van der Waals surface area contributed by atoms with Gasteiger partial charge in [-0.05, 0) is 48.4 Å². The van der Waals surface area contributed by atoms with E-state index in [0.29, 0.717) is 17.9 Å². The van der Waals surface area contributed by atoms with Gasteiger partial charge in [-0.15, -0.1) is 0 Å². The summed E-state index contributed by atoms with van der Waals surface area (Å²) < 4.78 is 5.13. The maximum atomic E-state index is 9.07. The Morgan fingerprint density at radius 2 is 2.05 bits per heavy atom. The summed E-state index contributed by atoms with van der Waals surface area (Å²) in [6.07, 6.45) is 0. The Kier molecular flexibility index (Phi) is 4.49. The smallest absolute Gasteiger partial charge is 0.136 e. The minimum absolute atomic E-state index is 0.541. The van der Waals surface area contributed by atoms with Crippen LogP contribution in [0.2, 0.25) is 5.02 Å². The average molecular weight is 287 g/mol. The molecule has 0 spiro atoms. The summed E-state index contributed by atoms with van der Waals surface area (Å²) in [5.41, 5.74) is 3.69. The summed E-state index contributed by atoms with van der Waals surface area (Å²) in [4.78, 5) is 0. The fourth-order valence-corrected chi connectivity index (χ4v) is 2.20. The molecule has 0 radical (unpaired) electrons. The Labute approximate surface area is 123 Å². The molecule has 0 aliphatic heterocycles. The SMILES string of the molecule is COc1ccc(CNc2ccc(Cl)cc2C)cc1C#N. The molecule has 2 rings (SSSR count). The van der Waals surface area contributed by atoms with Gasteiger partial charge in [0, 0.05) is 17.3 Å². The first-order valence-corrected chi connectivity index (χ1v) is 6.59. The van der Waals surface area contributed by atoms with Gasteiger partial charge in [-0.25, -0.2) is 0 Å². The van der Waals surface area contributed by atoms with Crippen molar-refractivity contribution in [3.05, 3.63) is 58.1 Å². The predicted molar refractivity (Wildman–Crippen MR) is 81.2 cm³/mol. The van der Waals surface area contributed by atoms with E-state index in [0.717, 1.165) is 21.8 Å². The van der Waals surface area contributed by atoms with Gasteiger partial charge in [-0.2, -0.15) is 5.26 Å². The Balaban J connectivity index is 2.13. The predicted octanol–water partition coefficient (Wildman–Crippen LogP) is 4.14. The van der Waals surface area contributed by atoms with Gasteiger partial charge in [0.05, 0.1) is 12.7 Å². The van der Waals surface area contributed by atoms with Gasteiger partial charge < -0.3 is 10.1 Å². The molecule has 0 amide bonds. The van der Waals surface area contributed by atoms with E-state index in [4.69, 9.17) is 21.6 Å². The summed E-state index contributed by atoms with van der Waals surface area (Å²) >= 11 is 5.93. The molecule has 0 unspecified atom stereocenters. The number of hydrogen-bond donors (Lipinski definition) is 1. The molecular weight excluding hydrogens is 272 g/mol. The lowest BCUT2D eigenvalue weighted by molar-refractivity contribution is 0.413. The fourth-order valence-electron chi connectivity index (χ4n) is 1.98. The van der Waals surface area contributed by atoms with Crippen LogP contribution in [0.4, 0.5) is 5.69 Å². The van der Waals surface area contributed by atoms with Crippen molar-refractivity contribution >= 4 is 17.3 Å². The molecule has 0 saturated carbocycles. The standard InChI is InChI=1S/C16H15ClN2O/c1-11-7-14(17)4-5-15(11)19-10-12-3-6-16(20-2)13(8-12)9-18/h3-8,19H,10H2,1-2H3. The molecule has 0 heterocycles. The van der Waals surface area contributed by atoms with Crippen molar-refractivity contribution in [3.63, 3.8) is 0 Å². The largest absolute Gasteiger partial charge is 0.495 e. The molecule has 20 heavy (non-hydrogen) atoms. The molecule has 2 aromatic carbocycles. The lowest BCUT2D eigenvalue weighted by Gasteiger charge is -2.11. The van der Waals surface area contributed by atoms with E-state index in [2.05, 4.69) is 11.4 Å². The average Bonchev–Trinajstić information content (AvgIpc) is 2.46. The molecule has 0 aliphatic carbocycles. The van der Waals surface area contributed by atoms with Gasteiger partial charge in [0.2, 0.25) is 0 Å². The molecule has 0 aromatic heterocycles. The number of aryl methyl sites for hydroxylation is 1. The molecule has 4 heteroatoms. The van der Waals surface area contributed by atoms with E-state index in [1.807, 2.05) is 43.3 Å². The number of nitriles is 1. The van der Waals surface area contributed by atoms with E-state index in [-0.39, 0.29) is 0 Å². The van der Waals surface area contributed by atoms with Crippen molar-refractivity contribution in [1.82, 2.24) is 0 Å². The Bertz CT molecular complexity index is 662. The van der Waals surface area contributed by atoms with Gasteiger partial charge in [0.15, 0.2) is 0 Å². The van der Waals surface area contributed by atoms with Crippen LogP contribution in [0.3, 0.4) is 0 Å². The van der Waals surface area contributed by atoms with Crippen LogP contribution >= 0.6 is 11.6 Å². The van der Waals surface area contributed by atoms with Crippen molar-refractivity contribution in [1.29, 1.82) is 5.26 Å². The maximum absolute atomic E-state index is 9.07.